The lowest BCUT2D eigenvalue weighted by Crippen LogP contribution is -2.43. The minimum absolute atomic E-state index is 0.0443. The molecule has 8 nitrogen and oxygen atoms in total. The van der Waals surface area contributed by atoms with Crippen LogP contribution in [0.2, 0.25) is 5.02 Å². The summed E-state index contributed by atoms with van der Waals surface area (Å²) in [5, 5.41) is 3.22. The Balaban J connectivity index is 1.29. The van der Waals surface area contributed by atoms with Crippen molar-refractivity contribution in [2.24, 2.45) is 5.92 Å². The van der Waals surface area contributed by atoms with Crippen molar-refractivity contribution < 1.29 is 28.2 Å². The van der Waals surface area contributed by atoms with Gasteiger partial charge in [-0.3, -0.25) is 9.59 Å². The first-order valence-electron chi connectivity index (χ1n) is 13.4. The summed E-state index contributed by atoms with van der Waals surface area (Å²) in [7, 11) is 0. The maximum absolute atomic E-state index is 13.1. The van der Waals surface area contributed by atoms with Crippen LogP contribution in [0.3, 0.4) is 0 Å². The van der Waals surface area contributed by atoms with Gasteiger partial charge in [-0.05, 0) is 75.1 Å². The highest BCUT2D eigenvalue weighted by Gasteiger charge is 2.30. The summed E-state index contributed by atoms with van der Waals surface area (Å²) >= 11 is 6.43. The molecular weight excluding hydrogens is 549 g/mol. The van der Waals surface area contributed by atoms with Crippen molar-refractivity contribution in [3.63, 3.8) is 0 Å². The van der Waals surface area contributed by atoms with Crippen LogP contribution >= 0.6 is 11.6 Å². The molecule has 2 aromatic carbocycles. The molecule has 2 heterocycles. The number of carbonyl (C=O) groups excluding carboxylic acids is 3. The molecule has 216 valence electrons. The monoisotopic (exact) mass is 581 g/mol. The van der Waals surface area contributed by atoms with Gasteiger partial charge in [0, 0.05) is 49.1 Å². The maximum atomic E-state index is 13.1. The number of piperidine rings is 1. The summed E-state index contributed by atoms with van der Waals surface area (Å²) in [5.74, 6) is 0.441. The summed E-state index contributed by atoms with van der Waals surface area (Å²) in [6, 6.07) is 14.2. The zero-order chi connectivity index (χ0) is 29.6. The SMILES string of the molecule is CC(C)(C)OC(=O)N1CCC(C(=O)Nc2cc(Oc3ccc(CC(=O)Cc4ccc(F)cc4)c(Cl)c3)ccn2)CC1. The second-order valence-electron chi connectivity index (χ2n) is 11.0. The van der Waals surface area contributed by atoms with Gasteiger partial charge >= 0.3 is 6.09 Å². The third-order valence-electron chi connectivity index (χ3n) is 6.46. The zero-order valence-corrected chi connectivity index (χ0v) is 24.0. The van der Waals surface area contributed by atoms with Gasteiger partial charge in [-0.25, -0.2) is 14.2 Å². The summed E-state index contributed by atoms with van der Waals surface area (Å²) in [4.78, 5) is 43.5. The van der Waals surface area contributed by atoms with Crippen LogP contribution in [-0.4, -0.2) is 46.4 Å². The summed E-state index contributed by atoms with van der Waals surface area (Å²) < 4.78 is 24.4. The van der Waals surface area contributed by atoms with E-state index in [1.165, 1.54) is 18.3 Å². The number of benzene rings is 2. The molecule has 1 aliphatic heterocycles. The molecule has 0 atom stereocenters. The van der Waals surface area contributed by atoms with Crippen molar-refractivity contribution in [3.8, 4) is 11.5 Å². The number of ether oxygens (including phenoxy) is 2. The standard InChI is InChI=1S/C31H33ClFN3O5/c1-31(2,3)41-30(39)36-14-11-21(12-15-36)29(38)35-28-19-26(10-13-34-28)40-25-9-6-22(27(32)18-25)17-24(37)16-20-4-7-23(33)8-5-20/h4-10,13,18-19,21H,11-12,14-17H2,1-3H3,(H,34,35,38). The van der Waals surface area contributed by atoms with E-state index in [-0.39, 0.29) is 42.4 Å². The van der Waals surface area contributed by atoms with Crippen LogP contribution in [0.4, 0.5) is 15.0 Å². The van der Waals surface area contributed by atoms with Crippen LogP contribution in [0.1, 0.15) is 44.7 Å². The second-order valence-corrected chi connectivity index (χ2v) is 11.4. The Morgan fingerprint density at radius 1 is 1.00 bits per heavy atom. The average molecular weight is 582 g/mol. The molecule has 0 radical (unpaired) electrons. The Morgan fingerprint density at radius 2 is 1.68 bits per heavy atom. The largest absolute Gasteiger partial charge is 0.457 e. The number of rotatable bonds is 8. The molecule has 1 N–H and O–H groups in total. The van der Waals surface area contributed by atoms with Gasteiger partial charge < -0.3 is 19.7 Å². The van der Waals surface area contributed by atoms with Gasteiger partial charge in [0.15, 0.2) is 0 Å². The highest BCUT2D eigenvalue weighted by Crippen LogP contribution is 2.29. The normalized spacial score (nSPS) is 13.9. The molecular formula is C31H33ClFN3O5. The number of halogens is 2. The Labute approximate surface area is 243 Å². The molecule has 0 saturated carbocycles. The Kier molecular flexibility index (Phi) is 9.60. The number of nitrogens with one attached hydrogen (secondary N) is 1. The first kappa shape index (κ1) is 30.0. The van der Waals surface area contributed by atoms with Crippen LogP contribution in [0, 0.1) is 11.7 Å². The molecule has 0 unspecified atom stereocenters. The van der Waals surface area contributed by atoms with E-state index in [0.29, 0.717) is 53.8 Å². The van der Waals surface area contributed by atoms with Gasteiger partial charge in [-0.2, -0.15) is 0 Å². The number of carbonyl (C=O) groups is 3. The van der Waals surface area contributed by atoms with Gasteiger partial charge in [0.2, 0.25) is 5.91 Å². The minimum atomic E-state index is -0.567. The van der Waals surface area contributed by atoms with Crippen LogP contribution in [0.25, 0.3) is 0 Å². The number of amides is 2. The lowest BCUT2D eigenvalue weighted by atomic mass is 9.96. The average Bonchev–Trinajstić information content (AvgIpc) is 2.91. The molecule has 1 aliphatic rings. The first-order valence-corrected chi connectivity index (χ1v) is 13.8. The van der Waals surface area contributed by atoms with E-state index >= 15 is 0 Å². The van der Waals surface area contributed by atoms with E-state index in [4.69, 9.17) is 21.1 Å². The minimum Gasteiger partial charge on any atom is -0.457 e. The van der Waals surface area contributed by atoms with Gasteiger partial charge in [-0.1, -0.05) is 29.8 Å². The lowest BCUT2D eigenvalue weighted by molar-refractivity contribution is -0.121. The molecule has 41 heavy (non-hydrogen) atoms. The predicted molar refractivity (Wildman–Crippen MR) is 154 cm³/mol. The van der Waals surface area contributed by atoms with E-state index in [1.54, 1.807) is 47.4 Å². The number of pyridine rings is 1. The zero-order valence-electron chi connectivity index (χ0n) is 23.3. The molecule has 1 aromatic heterocycles. The van der Waals surface area contributed by atoms with E-state index in [1.807, 2.05) is 20.8 Å². The number of ketones is 1. The van der Waals surface area contributed by atoms with E-state index in [2.05, 4.69) is 10.3 Å². The number of hydrogen-bond donors (Lipinski definition) is 1. The van der Waals surface area contributed by atoms with Crippen molar-refractivity contribution in [2.45, 2.75) is 52.1 Å². The quantitative estimate of drug-likeness (QED) is 0.322. The smallest absolute Gasteiger partial charge is 0.410 e. The Morgan fingerprint density at radius 3 is 2.34 bits per heavy atom. The molecule has 0 bridgehead atoms. The molecule has 4 rings (SSSR count). The van der Waals surface area contributed by atoms with Crippen molar-refractivity contribution in [1.82, 2.24) is 9.88 Å². The number of Topliss-reactive ketones (excluding diaryl/α,β-unsaturated/α-hetero) is 1. The summed E-state index contributed by atoms with van der Waals surface area (Å²) in [5.41, 5.74) is 0.828. The first-order chi connectivity index (χ1) is 19.4. The molecule has 0 spiro atoms. The number of nitrogens with zero attached hydrogens (tertiary/aromatic N) is 2. The van der Waals surface area contributed by atoms with E-state index in [9.17, 15) is 18.8 Å². The van der Waals surface area contributed by atoms with Crippen molar-refractivity contribution >= 4 is 35.2 Å². The maximum Gasteiger partial charge on any atom is 0.410 e. The molecule has 2 amide bonds. The Hall–Kier alpha value is -3.98. The molecule has 1 saturated heterocycles. The summed E-state index contributed by atoms with van der Waals surface area (Å²) in [6.45, 7) is 6.35. The van der Waals surface area contributed by atoms with Gasteiger partial charge in [0.25, 0.3) is 0 Å². The molecule has 1 fully saturated rings. The third-order valence-corrected chi connectivity index (χ3v) is 6.81. The number of hydrogen-bond acceptors (Lipinski definition) is 6. The van der Waals surface area contributed by atoms with E-state index in [0.717, 1.165) is 5.56 Å². The van der Waals surface area contributed by atoms with Crippen molar-refractivity contribution in [1.29, 1.82) is 0 Å². The van der Waals surface area contributed by atoms with Crippen molar-refractivity contribution in [3.05, 3.63) is 82.8 Å². The van der Waals surface area contributed by atoms with Gasteiger partial charge in [-0.15, -0.1) is 0 Å². The van der Waals surface area contributed by atoms with Crippen LogP contribution < -0.4 is 10.1 Å². The fourth-order valence-electron chi connectivity index (χ4n) is 4.40. The van der Waals surface area contributed by atoms with Gasteiger partial charge in [0.05, 0.1) is 0 Å². The Bertz CT molecular complexity index is 1400. The van der Waals surface area contributed by atoms with E-state index < -0.39 is 5.60 Å². The highest BCUT2D eigenvalue weighted by molar-refractivity contribution is 6.31. The topological polar surface area (TPSA) is 97.8 Å². The molecule has 10 heteroatoms. The van der Waals surface area contributed by atoms with Crippen LogP contribution in [-0.2, 0) is 27.2 Å². The number of aromatic nitrogens is 1. The predicted octanol–water partition coefficient (Wildman–Crippen LogP) is 6.61. The number of likely N-dealkylation sites (tertiary alicyclic amines) is 1. The number of anilines is 1. The summed E-state index contributed by atoms with van der Waals surface area (Å²) in [6.07, 6.45) is 2.53. The lowest BCUT2D eigenvalue weighted by Gasteiger charge is -2.32. The fourth-order valence-corrected chi connectivity index (χ4v) is 4.64. The van der Waals surface area contributed by atoms with Crippen LogP contribution in [0.15, 0.2) is 60.8 Å². The molecule has 0 aliphatic carbocycles. The highest BCUT2D eigenvalue weighted by atomic mass is 35.5. The van der Waals surface area contributed by atoms with Gasteiger partial charge in [0.1, 0.15) is 34.5 Å². The van der Waals surface area contributed by atoms with Crippen molar-refractivity contribution in [2.75, 3.05) is 18.4 Å². The molecule has 3 aromatic rings. The third kappa shape index (κ3) is 9.01. The second kappa shape index (κ2) is 13.1. The fraction of sp³-hybridized carbons (Fsp3) is 0.355. The van der Waals surface area contributed by atoms with Crippen LogP contribution in [0.5, 0.6) is 11.5 Å².